The van der Waals surface area contributed by atoms with Crippen molar-refractivity contribution in [3.63, 3.8) is 0 Å². The average Bonchev–Trinajstić information content (AvgIpc) is 2.66. The monoisotopic (exact) mass is 427 g/mol. The third-order valence-electron chi connectivity index (χ3n) is 6.19. The molecule has 0 amide bonds. The van der Waals surface area contributed by atoms with E-state index in [0.29, 0.717) is 0 Å². The van der Waals surface area contributed by atoms with Crippen molar-refractivity contribution < 1.29 is 8.42 Å². The van der Waals surface area contributed by atoms with Crippen LogP contribution in [0.3, 0.4) is 0 Å². The zero-order valence-electron chi connectivity index (χ0n) is 19.2. The minimum atomic E-state index is -3.14. The Morgan fingerprint density at radius 2 is 1.23 bits per heavy atom. The summed E-state index contributed by atoms with van der Waals surface area (Å²) < 4.78 is 24.1. The fourth-order valence-corrected chi connectivity index (χ4v) is 5.34. The molecule has 1 heterocycles. The molecule has 3 rings (SSSR count). The molecule has 0 bridgehead atoms. The van der Waals surface area contributed by atoms with Crippen LogP contribution in [0.25, 0.3) is 0 Å². The van der Waals surface area contributed by atoms with Gasteiger partial charge in [-0.25, -0.2) is 8.42 Å². The second-order valence-electron chi connectivity index (χ2n) is 10.2. The number of hydrogen-bond acceptors (Lipinski definition) is 3. The highest BCUT2D eigenvalue weighted by atomic mass is 32.2. The Morgan fingerprint density at radius 3 is 1.70 bits per heavy atom. The highest BCUT2D eigenvalue weighted by Gasteiger charge is 2.28. The molecule has 0 aliphatic carbocycles. The van der Waals surface area contributed by atoms with E-state index in [1.165, 1.54) is 23.2 Å². The second kappa shape index (κ2) is 9.13. The average molecular weight is 428 g/mol. The van der Waals surface area contributed by atoms with Gasteiger partial charge in [-0.05, 0) is 80.7 Å². The molecule has 0 spiro atoms. The molecule has 2 aromatic carbocycles. The number of piperidine rings is 1. The standard InChI is InChI=1S/C26H37NO2S/c1-20-16-21(2)18-27(17-20)25-14-12-23(13-15-25)7-6-22-8-10-24(11-9-22)19-30(28,29)26(3,4)5/h8-15,20-21H,6-7,16-19H2,1-5H3/t20-,21+. The van der Waals surface area contributed by atoms with Crippen molar-refractivity contribution >= 4 is 15.5 Å². The molecule has 2 aromatic rings. The number of sulfone groups is 1. The SMILES string of the molecule is C[C@@H]1C[C@H](C)CN(c2ccc(CCc3ccc(CS(=O)(=O)C(C)(C)C)cc3)cc2)C1. The molecule has 4 heteroatoms. The molecule has 0 N–H and O–H groups in total. The quantitative estimate of drug-likeness (QED) is 0.596. The first-order chi connectivity index (χ1) is 14.0. The first-order valence-corrected chi connectivity index (χ1v) is 12.8. The minimum absolute atomic E-state index is 0.103. The van der Waals surface area contributed by atoms with Gasteiger partial charge >= 0.3 is 0 Å². The first-order valence-electron chi connectivity index (χ1n) is 11.2. The highest BCUT2D eigenvalue weighted by Crippen LogP contribution is 2.27. The lowest BCUT2D eigenvalue weighted by molar-refractivity contribution is 0.357. The van der Waals surface area contributed by atoms with Gasteiger partial charge in [0.15, 0.2) is 9.84 Å². The van der Waals surface area contributed by atoms with Gasteiger partial charge in [-0.3, -0.25) is 0 Å². The highest BCUT2D eigenvalue weighted by molar-refractivity contribution is 7.91. The number of anilines is 1. The molecule has 164 valence electrons. The van der Waals surface area contributed by atoms with Crippen molar-refractivity contribution in [2.75, 3.05) is 18.0 Å². The Hall–Kier alpha value is -1.81. The molecule has 1 fully saturated rings. The van der Waals surface area contributed by atoms with E-state index in [0.717, 1.165) is 43.3 Å². The minimum Gasteiger partial charge on any atom is -0.371 e. The van der Waals surface area contributed by atoms with Gasteiger partial charge in [0, 0.05) is 18.8 Å². The first kappa shape index (κ1) is 22.9. The van der Waals surface area contributed by atoms with Crippen molar-refractivity contribution in [2.45, 2.75) is 64.4 Å². The molecule has 30 heavy (non-hydrogen) atoms. The fourth-order valence-electron chi connectivity index (χ4n) is 4.27. The van der Waals surface area contributed by atoms with Crippen molar-refractivity contribution in [2.24, 2.45) is 11.8 Å². The van der Waals surface area contributed by atoms with Crippen LogP contribution in [-0.4, -0.2) is 26.3 Å². The van der Waals surface area contributed by atoms with Gasteiger partial charge in [0.2, 0.25) is 0 Å². The summed E-state index contributed by atoms with van der Waals surface area (Å²) in [4.78, 5) is 2.52. The normalized spacial score (nSPS) is 20.4. The predicted octanol–water partition coefficient (Wildman–Crippen LogP) is 5.67. The van der Waals surface area contributed by atoms with Gasteiger partial charge < -0.3 is 4.90 Å². The molecule has 0 aromatic heterocycles. The van der Waals surface area contributed by atoms with Crippen LogP contribution in [-0.2, 0) is 28.4 Å². The van der Waals surface area contributed by atoms with Crippen LogP contribution in [0.15, 0.2) is 48.5 Å². The number of nitrogens with zero attached hydrogens (tertiary/aromatic N) is 1. The summed E-state index contributed by atoms with van der Waals surface area (Å²) in [6.07, 6.45) is 3.28. The third kappa shape index (κ3) is 5.87. The molecule has 2 atom stereocenters. The van der Waals surface area contributed by atoms with Gasteiger partial charge in [0.1, 0.15) is 0 Å². The molecule has 1 saturated heterocycles. The van der Waals surface area contributed by atoms with E-state index in [4.69, 9.17) is 0 Å². The van der Waals surface area contributed by atoms with Crippen LogP contribution in [0.2, 0.25) is 0 Å². The molecule has 0 saturated carbocycles. The van der Waals surface area contributed by atoms with Crippen LogP contribution in [0.1, 0.15) is 57.7 Å². The van der Waals surface area contributed by atoms with Crippen LogP contribution in [0.5, 0.6) is 0 Å². The van der Waals surface area contributed by atoms with Crippen molar-refractivity contribution in [1.29, 1.82) is 0 Å². The largest absolute Gasteiger partial charge is 0.371 e. The maximum atomic E-state index is 12.4. The molecular formula is C26H37NO2S. The molecule has 1 aliphatic heterocycles. The number of aryl methyl sites for hydroxylation is 2. The van der Waals surface area contributed by atoms with E-state index in [-0.39, 0.29) is 5.75 Å². The Balaban J connectivity index is 1.56. The lowest BCUT2D eigenvalue weighted by Gasteiger charge is -2.36. The predicted molar refractivity (Wildman–Crippen MR) is 128 cm³/mol. The van der Waals surface area contributed by atoms with E-state index in [1.54, 1.807) is 20.8 Å². The summed E-state index contributed by atoms with van der Waals surface area (Å²) >= 11 is 0. The van der Waals surface area contributed by atoms with Gasteiger partial charge in [-0.15, -0.1) is 0 Å². The second-order valence-corrected chi connectivity index (χ2v) is 12.9. The van der Waals surface area contributed by atoms with E-state index in [1.807, 2.05) is 12.1 Å². The van der Waals surface area contributed by atoms with Gasteiger partial charge in [-0.2, -0.15) is 0 Å². The van der Waals surface area contributed by atoms with E-state index >= 15 is 0 Å². The molecule has 3 nitrogen and oxygen atoms in total. The van der Waals surface area contributed by atoms with Crippen LogP contribution in [0, 0.1) is 11.8 Å². The number of hydrogen-bond donors (Lipinski definition) is 0. The zero-order chi connectivity index (χ0) is 21.9. The van der Waals surface area contributed by atoms with Crippen molar-refractivity contribution in [1.82, 2.24) is 0 Å². The Kier molecular flexibility index (Phi) is 6.96. The Bertz CT molecular complexity index is 914. The van der Waals surface area contributed by atoms with Gasteiger partial charge in [0.25, 0.3) is 0 Å². The number of rotatable bonds is 6. The summed E-state index contributed by atoms with van der Waals surface area (Å²) in [6, 6.07) is 17.1. The third-order valence-corrected chi connectivity index (χ3v) is 8.76. The smallest absolute Gasteiger partial charge is 0.159 e. The lowest BCUT2D eigenvalue weighted by atomic mass is 9.91. The molecule has 0 unspecified atom stereocenters. The van der Waals surface area contributed by atoms with E-state index < -0.39 is 14.6 Å². The van der Waals surface area contributed by atoms with E-state index in [2.05, 4.69) is 55.1 Å². The lowest BCUT2D eigenvalue weighted by Crippen LogP contribution is -2.38. The van der Waals surface area contributed by atoms with Gasteiger partial charge in [-0.1, -0.05) is 50.2 Å². The summed E-state index contributed by atoms with van der Waals surface area (Å²) in [5.74, 6) is 1.62. The summed E-state index contributed by atoms with van der Waals surface area (Å²) in [5.41, 5.74) is 4.79. The van der Waals surface area contributed by atoms with Crippen LogP contribution < -0.4 is 4.90 Å². The maximum absolute atomic E-state index is 12.4. The maximum Gasteiger partial charge on any atom is 0.159 e. The summed E-state index contributed by atoms with van der Waals surface area (Å²) in [7, 11) is -3.14. The Morgan fingerprint density at radius 1 is 0.800 bits per heavy atom. The van der Waals surface area contributed by atoms with E-state index in [9.17, 15) is 8.42 Å². The molecule has 1 aliphatic rings. The van der Waals surface area contributed by atoms with Crippen molar-refractivity contribution in [3.8, 4) is 0 Å². The Labute approximate surface area is 183 Å². The van der Waals surface area contributed by atoms with Crippen LogP contribution >= 0.6 is 0 Å². The van der Waals surface area contributed by atoms with Gasteiger partial charge in [0.05, 0.1) is 10.5 Å². The molecule has 0 radical (unpaired) electrons. The number of benzene rings is 2. The topological polar surface area (TPSA) is 37.4 Å². The summed E-state index contributed by atoms with van der Waals surface area (Å²) in [5, 5.41) is 0. The zero-order valence-corrected chi connectivity index (χ0v) is 20.0. The fraction of sp³-hybridized carbons (Fsp3) is 0.538. The summed E-state index contributed by atoms with van der Waals surface area (Å²) in [6.45, 7) is 12.3. The van der Waals surface area contributed by atoms with Crippen molar-refractivity contribution in [3.05, 3.63) is 65.2 Å². The van der Waals surface area contributed by atoms with Crippen LogP contribution in [0.4, 0.5) is 5.69 Å². The molecular weight excluding hydrogens is 390 g/mol.